The molecule has 0 N–H and O–H groups in total. The van der Waals surface area contributed by atoms with Crippen LogP contribution in [-0.4, -0.2) is 15.0 Å². The van der Waals surface area contributed by atoms with Gasteiger partial charge in [-0.1, -0.05) is 218 Å². The second-order valence-electron chi connectivity index (χ2n) is 17.8. The summed E-state index contributed by atoms with van der Waals surface area (Å²) in [5.74, 6) is 1.90. The van der Waals surface area contributed by atoms with Crippen molar-refractivity contribution in [1.82, 2.24) is 15.0 Å². The maximum atomic E-state index is 6.51. The molecule has 0 aliphatic heterocycles. The van der Waals surface area contributed by atoms with Gasteiger partial charge in [0.25, 0.3) is 0 Å². The Kier molecular flexibility index (Phi) is 8.46. The van der Waals surface area contributed by atoms with Crippen LogP contribution < -0.4 is 0 Å². The molecular formula is C64H39N3O. The molecule has 0 atom stereocenters. The van der Waals surface area contributed by atoms with Gasteiger partial charge in [0.05, 0.1) is 5.41 Å². The molecule has 0 saturated carbocycles. The maximum absolute atomic E-state index is 6.51. The number of benzene rings is 11. The first-order chi connectivity index (χ1) is 33.7. The number of hydrogen-bond acceptors (Lipinski definition) is 4. The summed E-state index contributed by atoms with van der Waals surface area (Å²) in [6.45, 7) is 0. The van der Waals surface area contributed by atoms with Crippen LogP contribution in [-0.2, 0) is 5.41 Å². The van der Waals surface area contributed by atoms with Crippen LogP contribution in [0.4, 0.5) is 0 Å². The van der Waals surface area contributed by atoms with Gasteiger partial charge < -0.3 is 4.42 Å². The van der Waals surface area contributed by atoms with E-state index in [0.29, 0.717) is 17.5 Å². The Bertz CT molecular complexity index is 4010. The van der Waals surface area contributed by atoms with Gasteiger partial charge in [-0.3, -0.25) is 0 Å². The molecule has 0 radical (unpaired) electrons. The van der Waals surface area contributed by atoms with Crippen LogP contribution >= 0.6 is 0 Å². The highest BCUT2D eigenvalue weighted by Gasteiger charge is 2.48. The zero-order valence-electron chi connectivity index (χ0n) is 36.8. The predicted molar refractivity (Wildman–Crippen MR) is 279 cm³/mol. The summed E-state index contributed by atoms with van der Waals surface area (Å²) >= 11 is 0. The number of fused-ring (bicyclic) bond motifs is 10. The van der Waals surface area contributed by atoms with Crippen LogP contribution in [0.25, 0.3) is 111 Å². The van der Waals surface area contributed by atoms with Gasteiger partial charge in [-0.05, 0) is 95.0 Å². The number of hydrogen-bond donors (Lipinski definition) is 0. The van der Waals surface area contributed by atoms with Gasteiger partial charge in [0.15, 0.2) is 17.5 Å². The molecule has 1 aliphatic rings. The van der Waals surface area contributed by atoms with Crippen molar-refractivity contribution < 1.29 is 4.42 Å². The zero-order chi connectivity index (χ0) is 44.8. The summed E-state index contributed by atoms with van der Waals surface area (Å²) in [4.78, 5) is 15.9. The van der Waals surface area contributed by atoms with E-state index in [9.17, 15) is 0 Å². The highest BCUT2D eigenvalue weighted by atomic mass is 16.3. The fourth-order valence-corrected chi connectivity index (χ4v) is 11.3. The number of aromatic nitrogens is 3. The van der Waals surface area contributed by atoms with Crippen LogP contribution in [0.2, 0.25) is 0 Å². The van der Waals surface area contributed by atoms with Gasteiger partial charge in [0, 0.05) is 27.5 Å². The predicted octanol–water partition coefficient (Wildman–Crippen LogP) is 16.3. The molecule has 0 saturated heterocycles. The first-order valence-corrected chi connectivity index (χ1v) is 23.2. The quantitative estimate of drug-likeness (QED) is 0.167. The third-order valence-electron chi connectivity index (χ3n) is 14.2. The molecule has 68 heavy (non-hydrogen) atoms. The van der Waals surface area contributed by atoms with Crippen molar-refractivity contribution in [2.24, 2.45) is 0 Å². The molecule has 2 heterocycles. The zero-order valence-corrected chi connectivity index (χ0v) is 36.8. The fraction of sp³-hybridized carbons (Fsp3) is 0.0156. The van der Waals surface area contributed by atoms with Crippen molar-refractivity contribution >= 4 is 54.3 Å². The molecule has 316 valence electrons. The lowest BCUT2D eigenvalue weighted by molar-refractivity contribution is 0.669. The van der Waals surface area contributed by atoms with E-state index in [1.165, 1.54) is 44.3 Å². The second kappa shape index (κ2) is 15.0. The summed E-state index contributed by atoms with van der Waals surface area (Å²) in [5, 5.41) is 8.98. The van der Waals surface area contributed by atoms with E-state index in [-0.39, 0.29) is 0 Å². The molecule has 2 aromatic heterocycles. The standard InChI is InChI=1S/C64H39N3O/c1-3-21-44(22-4-1)64(45-23-5-2-6-24-45)59-48-37-36-43(39-42(48)35-38-52(59)51-30-15-29-50(60(51)64)49-28-16-34-57-58(49)55-27-11-12-33-56(55)68-57)61-65-62(53-31-13-19-40-17-7-9-25-46(40)53)67-63(66-61)54-32-14-20-41-18-8-10-26-47(41)54/h1-39H. The molecule has 1 aliphatic carbocycles. The number of furan rings is 1. The topological polar surface area (TPSA) is 51.8 Å². The van der Waals surface area contributed by atoms with E-state index in [0.717, 1.165) is 71.1 Å². The van der Waals surface area contributed by atoms with E-state index in [1.807, 2.05) is 6.07 Å². The molecule has 13 aromatic rings. The van der Waals surface area contributed by atoms with Crippen molar-refractivity contribution in [3.8, 4) is 56.4 Å². The normalized spacial score (nSPS) is 12.8. The summed E-state index contributed by atoms with van der Waals surface area (Å²) in [6, 6.07) is 84.8. The lowest BCUT2D eigenvalue weighted by atomic mass is 9.65. The second-order valence-corrected chi connectivity index (χ2v) is 17.8. The highest BCUT2D eigenvalue weighted by Crippen LogP contribution is 2.61. The Morgan fingerprint density at radius 1 is 0.294 bits per heavy atom. The molecule has 11 aromatic carbocycles. The van der Waals surface area contributed by atoms with Gasteiger partial charge in [0.2, 0.25) is 0 Å². The molecule has 0 amide bonds. The Hall–Kier alpha value is -8.99. The van der Waals surface area contributed by atoms with Gasteiger partial charge in [0.1, 0.15) is 11.2 Å². The van der Waals surface area contributed by atoms with Crippen molar-refractivity contribution in [2.45, 2.75) is 5.41 Å². The number of para-hydroxylation sites is 1. The van der Waals surface area contributed by atoms with Crippen LogP contribution in [0.3, 0.4) is 0 Å². The molecule has 0 unspecified atom stereocenters. The first-order valence-electron chi connectivity index (χ1n) is 23.2. The van der Waals surface area contributed by atoms with Crippen molar-refractivity contribution in [3.63, 3.8) is 0 Å². The van der Waals surface area contributed by atoms with Gasteiger partial charge >= 0.3 is 0 Å². The summed E-state index contributed by atoms with van der Waals surface area (Å²) < 4.78 is 6.51. The molecule has 4 heteroatoms. The van der Waals surface area contributed by atoms with E-state index < -0.39 is 5.41 Å². The van der Waals surface area contributed by atoms with Gasteiger partial charge in [-0.25, -0.2) is 15.0 Å². The minimum Gasteiger partial charge on any atom is -0.456 e. The average molecular weight is 866 g/mol. The molecule has 0 spiro atoms. The molecule has 0 bridgehead atoms. The van der Waals surface area contributed by atoms with E-state index in [4.69, 9.17) is 19.4 Å². The first kappa shape index (κ1) is 38.3. The summed E-state index contributed by atoms with van der Waals surface area (Å²) in [5.41, 5.74) is 13.6. The summed E-state index contributed by atoms with van der Waals surface area (Å²) in [7, 11) is 0. The molecule has 0 fully saturated rings. The van der Waals surface area contributed by atoms with Crippen LogP contribution in [0, 0.1) is 0 Å². The lowest BCUT2D eigenvalue weighted by Crippen LogP contribution is -2.29. The average Bonchev–Trinajstić information content (AvgIpc) is 3.95. The minimum atomic E-state index is -0.692. The number of nitrogens with zero attached hydrogens (tertiary/aromatic N) is 3. The van der Waals surface area contributed by atoms with Crippen LogP contribution in [0.15, 0.2) is 241 Å². The molecule has 14 rings (SSSR count). The lowest BCUT2D eigenvalue weighted by Gasteiger charge is -2.36. The van der Waals surface area contributed by atoms with E-state index in [1.54, 1.807) is 0 Å². The van der Waals surface area contributed by atoms with E-state index in [2.05, 4.69) is 231 Å². The third kappa shape index (κ3) is 5.64. The van der Waals surface area contributed by atoms with E-state index >= 15 is 0 Å². The Morgan fingerprint density at radius 2 is 0.779 bits per heavy atom. The monoisotopic (exact) mass is 865 g/mol. The smallest absolute Gasteiger partial charge is 0.164 e. The molecule has 4 nitrogen and oxygen atoms in total. The minimum absolute atomic E-state index is 0.622. The largest absolute Gasteiger partial charge is 0.456 e. The number of rotatable bonds is 6. The van der Waals surface area contributed by atoms with Gasteiger partial charge in [-0.15, -0.1) is 0 Å². The Morgan fingerprint density at radius 3 is 1.46 bits per heavy atom. The van der Waals surface area contributed by atoms with Crippen molar-refractivity contribution in [1.29, 1.82) is 0 Å². The Balaban J connectivity index is 1.03. The maximum Gasteiger partial charge on any atom is 0.164 e. The highest BCUT2D eigenvalue weighted by molar-refractivity contribution is 6.14. The van der Waals surface area contributed by atoms with Crippen LogP contribution in [0.1, 0.15) is 22.3 Å². The third-order valence-corrected chi connectivity index (χ3v) is 14.2. The van der Waals surface area contributed by atoms with Crippen molar-refractivity contribution in [3.05, 3.63) is 259 Å². The SMILES string of the molecule is c1ccc(C2(c3ccccc3)c3c(cccc3-c3cccc4oc5ccccc5c34)-c3ccc4cc(-c5nc(-c6cccc7ccccc67)nc(-c6cccc7ccccc67)n5)ccc4c32)cc1. The fourth-order valence-electron chi connectivity index (χ4n) is 11.3. The van der Waals surface area contributed by atoms with Crippen molar-refractivity contribution in [2.75, 3.05) is 0 Å². The molecular weight excluding hydrogens is 827 g/mol. The summed E-state index contributed by atoms with van der Waals surface area (Å²) in [6.07, 6.45) is 0. The Labute approximate surface area is 392 Å². The van der Waals surface area contributed by atoms with Crippen LogP contribution in [0.5, 0.6) is 0 Å². The van der Waals surface area contributed by atoms with Gasteiger partial charge in [-0.2, -0.15) is 0 Å².